The van der Waals surface area contributed by atoms with Gasteiger partial charge in [0.2, 0.25) is 10.0 Å². The highest BCUT2D eigenvalue weighted by Crippen LogP contribution is 2.18. The maximum absolute atomic E-state index is 12.4. The molecule has 0 saturated carbocycles. The zero-order chi connectivity index (χ0) is 14.5. The summed E-state index contributed by atoms with van der Waals surface area (Å²) in [6, 6.07) is -0.110. The highest BCUT2D eigenvalue weighted by molar-refractivity contribution is 7.98. The van der Waals surface area contributed by atoms with Gasteiger partial charge in [0.25, 0.3) is 0 Å². The van der Waals surface area contributed by atoms with Crippen LogP contribution in [0.4, 0.5) is 0 Å². The predicted octanol–water partition coefficient (Wildman–Crippen LogP) is 0.857. The molecule has 19 heavy (non-hydrogen) atoms. The van der Waals surface area contributed by atoms with Gasteiger partial charge in [0, 0.05) is 18.3 Å². The van der Waals surface area contributed by atoms with Crippen LogP contribution in [0.5, 0.6) is 0 Å². The fraction of sp³-hybridized carbons (Fsp3) is 0.727. The van der Waals surface area contributed by atoms with E-state index in [1.165, 1.54) is 0 Å². The molecule has 0 aliphatic heterocycles. The highest BCUT2D eigenvalue weighted by atomic mass is 32.2. The largest absolute Gasteiger partial charge is 0.311 e. The number of H-pyrrole nitrogens is 1. The third-order valence-electron chi connectivity index (χ3n) is 2.55. The summed E-state index contributed by atoms with van der Waals surface area (Å²) in [7, 11) is -3.53. The van der Waals surface area contributed by atoms with Crippen LogP contribution in [0.2, 0.25) is 0 Å². The van der Waals surface area contributed by atoms with Gasteiger partial charge in [-0.1, -0.05) is 6.92 Å². The van der Waals surface area contributed by atoms with Crippen LogP contribution in [-0.4, -0.2) is 43.2 Å². The molecule has 1 unspecified atom stereocenters. The van der Waals surface area contributed by atoms with Crippen molar-refractivity contribution in [2.24, 2.45) is 0 Å². The first kappa shape index (κ1) is 16.5. The minimum absolute atomic E-state index is 0.110. The lowest BCUT2D eigenvalue weighted by Crippen LogP contribution is -2.35. The van der Waals surface area contributed by atoms with Gasteiger partial charge in [0.1, 0.15) is 4.90 Å². The molecular weight excluding hydrogens is 284 g/mol. The molecule has 0 aromatic carbocycles. The van der Waals surface area contributed by atoms with Crippen LogP contribution in [0.1, 0.15) is 25.2 Å². The summed E-state index contributed by atoms with van der Waals surface area (Å²) in [4.78, 5) is 0.265. The molecule has 1 atom stereocenters. The Morgan fingerprint density at radius 2 is 2.16 bits per heavy atom. The van der Waals surface area contributed by atoms with Crippen molar-refractivity contribution < 1.29 is 8.42 Å². The quantitative estimate of drug-likeness (QED) is 0.663. The van der Waals surface area contributed by atoms with Crippen LogP contribution in [0.3, 0.4) is 0 Å². The monoisotopic (exact) mass is 306 g/mol. The van der Waals surface area contributed by atoms with E-state index < -0.39 is 10.0 Å². The number of nitrogens with one attached hydrogen (secondary N) is 3. The van der Waals surface area contributed by atoms with Crippen molar-refractivity contribution in [2.75, 3.05) is 18.6 Å². The first-order valence-electron chi connectivity index (χ1n) is 6.18. The lowest BCUT2D eigenvalue weighted by molar-refractivity contribution is 0.568. The van der Waals surface area contributed by atoms with Crippen molar-refractivity contribution >= 4 is 21.8 Å². The maximum Gasteiger partial charge on any atom is 0.244 e. The number of rotatable bonds is 8. The molecule has 8 heteroatoms. The zero-order valence-electron chi connectivity index (χ0n) is 11.8. The molecule has 6 nitrogen and oxygen atoms in total. The summed E-state index contributed by atoms with van der Waals surface area (Å²) >= 11 is 1.61. The number of sulfonamides is 1. The van der Waals surface area contributed by atoms with Gasteiger partial charge in [0.15, 0.2) is 0 Å². The fourth-order valence-electron chi connectivity index (χ4n) is 1.80. The van der Waals surface area contributed by atoms with Crippen LogP contribution in [-0.2, 0) is 16.6 Å². The molecule has 110 valence electrons. The number of hydrogen-bond acceptors (Lipinski definition) is 5. The summed E-state index contributed by atoms with van der Waals surface area (Å²) in [5.41, 5.74) is 1.10. The van der Waals surface area contributed by atoms with Gasteiger partial charge in [0.05, 0.1) is 11.4 Å². The fourth-order valence-corrected chi connectivity index (χ4v) is 4.09. The van der Waals surface area contributed by atoms with Gasteiger partial charge in [-0.2, -0.15) is 16.9 Å². The molecular formula is C11H22N4O2S2. The summed E-state index contributed by atoms with van der Waals surface area (Å²) in [5, 5.41) is 9.89. The molecule has 1 aromatic rings. The van der Waals surface area contributed by atoms with Gasteiger partial charge >= 0.3 is 0 Å². The van der Waals surface area contributed by atoms with Crippen molar-refractivity contribution in [1.29, 1.82) is 0 Å². The molecule has 0 aliphatic carbocycles. The van der Waals surface area contributed by atoms with Crippen LogP contribution in [0.15, 0.2) is 4.90 Å². The molecule has 0 bridgehead atoms. The third kappa shape index (κ3) is 4.48. The second kappa shape index (κ2) is 7.28. The summed E-state index contributed by atoms with van der Waals surface area (Å²) in [6.07, 6.45) is 1.95. The van der Waals surface area contributed by atoms with Crippen molar-refractivity contribution in [3.8, 4) is 0 Å². The molecule has 3 N–H and O–H groups in total. The molecule has 0 radical (unpaired) electrons. The van der Waals surface area contributed by atoms with Gasteiger partial charge in [-0.25, -0.2) is 13.1 Å². The Labute approximate surface area is 119 Å². The van der Waals surface area contributed by atoms with Crippen LogP contribution in [0, 0.1) is 6.92 Å². The van der Waals surface area contributed by atoms with Crippen molar-refractivity contribution in [2.45, 2.75) is 38.3 Å². The summed E-state index contributed by atoms with van der Waals surface area (Å²) < 4.78 is 27.4. The first-order chi connectivity index (χ1) is 8.92. The minimum atomic E-state index is -3.53. The Morgan fingerprint density at radius 3 is 2.74 bits per heavy atom. The number of hydrogen-bond donors (Lipinski definition) is 3. The summed E-state index contributed by atoms with van der Waals surface area (Å²) in [6.45, 7) is 6.74. The van der Waals surface area contributed by atoms with Crippen LogP contribution >= 0.6 is 11.8 Å². The van der Waals surface area contributed by atoms with E-state index in [2.05, 4.69) is 20.2 Å². The second-order valence-corrected chi connectivity index (χ2v) is 6.94. The number of nitrogens with zero attached hydrogens (tertiary/aromatic N) is 1. The van der Waals surface area contributed by atoms with E-state index in [0.29, 0.717) is 17.9 Å². The van der Waals surface area contributed by atoms with E-state index in [1.54, 1.807) is 18.7 Å². The first-order valence-corrected chi connectivity index (χ1v) is 9.05. The van der Waals surface area contributed by atoms with Gasteiger partial charge in [-0.05, 0) is 26.6 Å². The average Bonchev–Trinajstić information content (AvgIpc) is 2.68. The lowest BCUT2D eigenvalue weighted by atomic mass is 10.3. The van der Waals surface area contributed by atoms with E-state index in [4.69, 9.17) is 0 Å². The van der Waals surface area contributed by atoms with Crippen molar-refractivity contribution in [1.82, 2.24) is 20.2 Å². The van der Waals surface area contributed by atoms with Crippen LogP contribution in [0.25, 0.3) is 0 Å². The number of aryl methyl sites for hydroxylation is 1. The Balaban J connectivity index is 2.96. The standard InChI is InChI=1S/C11H22N4O2S2/c1-5-12-6-10-11(9(3)13-14-10)19(16,17)15-8(2)7-18-4/h8,12,15H,5-7H2,1-4H3,(H,13,14). The van der Waals surface area contributed by atoms with Crippen molar-refractivity contribution in [3.63, 3.8) is 0 Å². The van der Waals surface area contributed by atoms with E-state index in [-0.39, 0.29) is 10.9 Å². The average molecular weight is 306 g/mol. The third-order valence-corrected chi connectivity index (χ3v) is 5.17. The highest BCUT2D eigenvalue weighted by Gasteiger charge is 2.25. The van der Waals surface area contributed by atoms with E-state index in [9.17, 15) is 8.42 Å². The Kier molecular flexibility index (Phi) is 6.31. The molecule has 0 spiro atoms. The molecule has 1 aromatic heterocycles. The second-order valence-electron chi connectivity index (χ2n) is 4.38. The van der Waals surface area contributed by atoms with E-state index >= 15 is 0 Å². The molecule has 1 heterocycles. The smallest absolute Gasteiger partial charge is 0.244 e. The molecule has 0 fully saturated rings. The number of aromatic amines is 1. The van der Waals surface area contributed by atoms with Gasteiger partial charge in [-0.15, -0.1) is 0 Å². The van der Waals surface area contributed by atoms with Gasteiger partial charge < -0.3 is 5.32 Å². The Hall–Kier alpha value is -0.570. The normalized spacial score (nSPS) is 13.7. The SMILES string of the molecule is CCNCc1n[nH]c(C)c1S(=O)(=O)NC(C)CSC. The topological polar surface area (TPSA) is 86.9 Å². The lowest BCUT2D eigenvalue weighted by Gasteiger charge is -2.13. The van der Waals surface area contributed by atoms with Crippen LogP contribution < -0.4 is 10.0 Å². The van der Waals surface area contributed by atoms with E-state index in [1.807, 2.05) is 20.1 Å². The maximum atomic E-state index is 12.4. The van der Waals surface area contributed by atoms with Crippen molar-refractivity contribution in [3.05, 3.63) is 11.4 Å². The number of thioether (sulfide) groups is 1. The molecule has 0 amide bonds. The molecule has 0 aliphatic rings. The minimum Gasteiger partial charge on any atom is -0.311 e. The zero-order valence-corrected chi connectivity index (χ0v) is 13.4. The Morgan fingerprint density at radius 1 is 1.47 bits per heavy atom. The van der Waals surface area contributed by atoms with E-state index in [0.717, 1.165) is 12.3 Å². The summed E-state index contributed by atoms with van der Waals surface area (Å²) in [5.74, 6) is 0.735. The van der Waals surface area contributed by atoms with Gasteiger partial charge in [-0.3, -0.25) is 5.10 Å². The Bertz CT molecular complexity index is 499. The number of aromatic nitrogens is 2. The molecule has 1 rings (SSSR count). The molecule has 0 saturated heterocycles. The predicted molar refractivity (Wildman–Crippen MR) is 78.9 cm³/mol.